The number of rotatable bonds is 3. The average Bonchev–Trinajstić information content (AvgIpc) is 3.37. The topological polar surface area (TPSA) is 72.2 Å². The number of carbonyl (C=O) groups is 1. The number of carbonyl (C=O) groups excluding carboxylic acids is 1. The maximum atomic E-state index is 12.8. The van der Waals surface area contributed by atoms with Crippen LogP contribution in [0.4, 0.5) is 18.3 Å². The average molecular weight is 474 g/mol. The molecule has 2 aromatic carbocycles. The van der Waals surface area contributed by atoms with Crippen LogP contribution in [0, 0.1) is 0 Å². The van der Waals surface area contributed by atoms with Crippen LogP contribution in [0.2, 0.25) is 5.02 Å². The van der Waals surface area contributed by atoms with Crippen molar-refractivity contribution in [2.45, 2.75) is 6.18 Å². The molecule has 0 unspecified atom stereocenters. The van der Waals surface area contributed by atoms with Gasteiger partial charge < -0.3 is 0 Å². The number of alkyl halides is 3. The summed E-state index contributed by atoms with van der Waals surface area (Å²) in [6.45, 7) is 0. The first kappa shape index (κ1) is 20.4. The van der Waals surface area contributed by atoms with Gasteiger partial charge in [0.05, 0.1) is 38.9 Å². The summed E-state index contributed by atoms with van der Waals surface area (Å²) in [5.41, 5.74) is 1.51. The van der Waals surface area contributed by atoms with Crippen LogP contribution in [-0.4, -0.2) is 25.3 Å². The first-order valence-electron chi connectivity index (χ1n) is 9.17. The molecular weight excluding hydrogens is 463 g/mol. The van der Waals surface area contributed by atoms with E-state index in [9.17, 15) is 18.0 Å². The Morgan fingerprint density at radius 1 is 1.06 bits per heavy atom. The Morgan fingerprint density at radius 2 is 1.84 bits per heavy atom. The molecule has 0 saturated heterocycles. The van der Waals surface area contributed by atoms with Gasteiger partial charge in [0.1, 0.15) is 5.69 Å². The van der Waals surface area contributed by atoms with E-state index in [0.717, 1.165) is 16.8 Å². The zero-order valence-corrected chi connectivity index (χ0v) is 17.5. The number of anilines is 1. The van der Waals surface area contributed by atoms with Gasteiger partial charge in [-0.15, -0.1) is 0 Å². The molecule has 0 aliphatic heterocycles. The number of nitrogens with one attached hydrogen (secondary N) is 1. The highest BCUT2D eigenvalue weighted by Gasteiger charge is 2.30. The Bertz CT molecular complexity index is 1480. The molecule has 32 heavy (non-hydrogen) atoms. The second-order valence-corrected chi connectivity index (χ2v) is 8.19. The lowest BCUT2D eigenvalue weighted by Gasteiger charge is -2.08. The summed E-state index contributed by atoms with van der Waals surface area (Å²) in [4.78, 5) is 25.4. The molecule has 5 rings (SSSR count). The van der Waals surface area contributed by atoms with Crippen molar-refractivity contribution in [2.75, 3.05) is 5.32 Å². The van der Waals surface area contributed by atoms with Crippen LogP contribution in [0.1, 0.15) is 16.1 Å². The van der Waals surface area contributed by atoms with Crippen LogP contribution in [0.15, 0.2) is 61.1 Å². The van der Waals surface area contributed by atoms with Crippen molar-refractivity contribution in [3.63, 3.8) is 0 Å². The zero-order chi connectivity index (χ0) is 22.5. The third kappa shape index (κ3) is 3.67. The quantitative estimate of drug-likeness (QED) is 0.352. The summed E-state index contributed by atoms with van der Waals surface area (Å²) in [6, 6.07) is 10.0. The maximum absolute atomic E-state index is 12.8. The Labute approximate surface area is 187 Å². The number of fused-ring (bicyclic) bond motifs is 2. The van der Waals surface area contributed by atoms with Gasteiger partial charge in [-0.05, 0) is 24.3 Å². The standard InChI is InChI=1S/C21H11ClF3N5OS/c22-13-2-1-3-14-18(13)32-20(28-14)29-19(31)15-10-30-16(8-27-17(30)9-26-15)11-4-6-12(7-5-11)21(23,24)25/h1-10H,(H,28,29,31). The van der Waals surface area contributed by atoms with Crippen molar-refractivity contribution in [1.82, 2.24) is 19.4 Å². The van der Waals surface area contributed by atoms with Crippen molar-refractivity contribution in [2.24, 2.45) is 0 Å². The second kappa shape index (κ2) is 7.57. The third-order valence-corrected chi connectivity index (χ3v) is 6.17. The molecule has 3 heterocycles. The number of imidazole rings is 1. The van der Waals surface area contributed by atoms with Crippen molar-refractivity contribution in [1.29, 1.82) is 0 Å². The van der Waals surface area contributed by atoms with E-state index in [4.69, 9.17) is 11.6 Å². The minimum absolute atomic E-state index is 0.0917. The van der Waals surface area contributed by atoms with Crippen LogP contribution in [0.3, 0.4) is 0 Å². The molecule has 0 saturated carbocycles. The summed E-state index contributed by atoms with van der Waals surface area (Å²) in [7, 11) is 0. The minimum Gasteiger partial charge on any atom is -0.296 e. The molecule has 160 valence electrons. The fourth-order valence-corrected chi connectivity index (χ4v) is 4.33. The van der Waals surface area contributed by atoms with Crippen molar-refractivity contribution >= 4 is 49.8 Å². The van der Waals surface area contributed by atoms with E-state index >= 15 is 0 Å². The monoisotopic (exact) mass is 473 g/mol. The van der Waals surface area contributed by atoms with E-state index in [1.165, 1.54) is 42.1 Å². The molecule has 0 bridgehead atoms. The lowest BCUT2D eigenvalue weighted by Crippen LogP contribution is -2.14. The van der Waals surface area contributed by atoms with Gasteiger partial charge in [-0.25, -0.2) is 15.0 Å². The van der Waals surface area contributed by atoms with Gasteiger partial charge in [0.15, 0.2) is 10.8 Å². The SMILES string of the molecule is O=C(Nc1nc2cccc(Cl)c2s1)c1cn2c(-c3ccc(C(F)(F)F)cc3)cnc2cn1. The molecular formula is C21H11ClF3N5OS. The fourth-order valence-electron chi connectivity index (χ4n) is 3.18. The van der Waals surface area contributed by atoms with Gasteiger partial charge in [-0.2, -0.15) is 13.2 Å². The number of thiazole rings is 1. The van der Waals surface area contributed by atoms with E-state index in [1.807, 2.05) is 0 Å². The third-order valence-electron chi connectivity index (χ3n) is 4.72. The maximum Gasteiger partial charge on any atom is 0.416 e. The lowest BCUT2D eigenvalue weighted by molar-refractivity contribution is -0.137. The summed E-state index contributed by atoms with van der Waals surface area (Å²) < 4.78 is 40.9. The number of aromatic nitrogens is 4. The van der Waals surface area contributed by atoms with Crippen molar-refractivity contribution in [3.05, 3.63) is 77.3 Å². The Hall–Kier alpha value is -3.50. The highest BCUT2D eigenvalue weighted by molar-refractivity contribution is 7.23. The molecule has 0 spiro atoms. The first-order valence-corrected chi connectivity index (χ1v) is 10.4. The normalized spacial score (nSPS) is 11.9. The molecule has 0 radical (unpaired) electrons. The highest BCUT2D eigenvalue weighted by Crippen LogP contribution is 2.33. The van der Waals surface area contributed by atoms with Gasteiger partial charge in [0.25, 0.3) is 5.91 Å². The smallest absolute Gasteiger partial charge is 0.296 e. The molecule has 6 nitrogen and oxygen atoms in total. The number of benzene rings is 2. The zero-order valence-electron chi connectivity index (χ0n) is 15.9. The predicted molar refractivity (Wildman–Crippen MR) is 116 cm³/mol. The molecule has 0 atom stereocenters. The van der Waals surface area contributed by atoms with Gasteiger partial charge in [0.2, 0.25) is 0 Å². The predicted octanol–water partition coefficient (Wildman–Crippen LogP) is 5.93. The summed E-state index contributed by atoms with van der Waals surface area (Å²) in [6.07, 6.45) is -0.0163. The second-order valence-electron chi connectivity index (χ2n) is 6.78. The van der Waals surface area contributed by atoms with Crippen LogP contribution < -0.4 is 5.32 Å². The Balaban J connectivity index is 1.46. The fraction of sp³-hybridized carbons (Fsp3) is 0.0476. The number of hydrogen-bond acceptors (Lipinski definition) is 5. The van der Waals surface area contributed by atoms with E-state index in [-0.39, 0.29) is 5.69 Å². The van der Waals surface area contributed by atoms with Crippen molar-refractivity contribution in [3.8, 4) is 11.3 Å². The molecule has 1 amide bonds. The van der Waals surface area contributed by atoms with Gasteiger partial charge in [-0.1, -0.05) is 41.1 Å². The largest absolute Gasteiger partial charge is 0.416 e. The summed E-state index contributed by atoms with van der Waals surface area (Å²) >= 11 is 7.40. The Kier molecular flexibility index (Phi) is 4.83. The highest BCUT2D eigenvalue weighted by atomic mass is 35.5. The van der Waals surface area contributed by atoms with E-state index in [2.05, 4.69) is 20.3 Å². The number of halogens is 4. The van der Waals surface area contributed by atoms with Crippen LogP contribution in [0.5, 0.6) is 0 Å². The number of hydrogen-bond donors (Lipinski definition) is 1. The van der Waals surface area contributed by atoms with Crippen LogP contribution >= 0.6 is 22.9 Å². The molecule has 1 N–H and O–H groups in total. The molecule has 0 aliphatic carbocycles. The lowest BCUT2D eigenvalue weighted by atomic mass is 10.1. The van der Waals surface area contributed by atoms with Crippen LogP contribution in [-0.2, 0) is 6.18 Å². The molecule has 11 heteroatoms. The van der Waals surface area contributed by atoms with Gasteiger partial charge in [0, 0.05) is 11.8 Å². The Morgan fingerprint density at radius 3 is 2.56 bits per heavy atom. The number of amides is 1. The summed E-state index contributed by atoms with van der Waals surface area (Å²) in [5, 5.41) is 3.61. The first-order chi connectivity index (χ1) is 15.3. The van der Waals surface area contributed by atoms with E-state index < -0.39 is 17.6 Å². The van der Waals surface area contributed by atoms with Crippen LogP contribution in [0.25, 0.3) is 27.1 Å². The van der Waals surface area contributed by atoms with Gasteiger partial charge in [-0.3, -0.25) is 14.5 Å². The minimum atomic E-state index is -4.42. The summed E-state index contributed by atoms with van der Waals surface area (Å²) in [5.74, 6) is -0.492. The van der Waals surface area contributed by atoms with Crippen molar-refractivity contribution < 1.29 is 18.0 Å². The van der Waals surface area contributed by atoms with E-state index in [0.29, 0.717) is 32.6 Å². The van der Waals surface area contributed by atoms with E-state index in [1.54, 1.807) is 22.6 Å². The molecule has 5 aromatic rings. The van der Waals surface area contributed by atoms with Gasteiger partial charge >= 0.3 is 6.18 Å². The molecule has 0 aliphatic rings. The number of nitrogens with zero attached hydrogens (tertiary/aromatic N) is 4. The molecule has 3 aromatic heterocycles. The molecule has 0 fully saturated rings.